The number of fused-ring (bicyclic) bond motifs is 1. The van der Waals surface area contributed by atoms with Gasteiger partial charge in [-0.1, -0.05) is 41.9 Å². The summed E-state index contributed by atoms with van der Waals surface area (Å²) in [5.41, 5.74) is 5.19. The second kappa shape index (κ2) is 9.16. The van der Waals surface area contributed by atoms with E-state index in [1.807, 2.05) is 29.6 Å². The van der Waals surface area contributed by atoms with E-state index in [0.29, 0.717) is 22.3 Å². The number of carbonyl (C=O) groups excluding carboxylic acids is 1. The molecular weight excluding hydrogens is 434 g/mol. The molecule has 0 aliphatic carbocycles. The molecule has 152 valence electrons. The number of anilines is 1. The lowest BCUT2D eigenvalue weighted by Crippen LogP contribution is -2.12. The van der Waals surface area contributed by atoms with Gasteiger partial charge in [0.05, 0.1) is 16.2 Å². The maximum Gasteiger partial charge on any atom is 0.226 e. The third kappa shape index (κ3) is 4.83. The number of carbonyl (C=O) groups is 1. The Morgan fingerprint density at radius 2 is 1.90 bits per heavy atom. The molecule has 4 nitrogen and oxygen atoms in total. The first-order chi connectivity index (χ1) is 14.5. The van der Waals surface area contributed by atoms with Crippen molar-refractivity contribution >= 4 is 56.6 Å². The number of nitrogens with one attached hydrogen (secondary N) is 1. The lowest BCUT2D eigenvalue weighted by Gasteiger charge is -2.08. The van der Waals surface area contributed by atoms with Gasteiger partial charge < -0.3 is 5.32 Å². The highest BCUT2D eigenvalue weighted by Crippen LogP contribution is 2.27. The standard InChI is InChI=1S/C23H20ClN3OS2/c1-14-4-3-5-18-15(2)12-21(27-22(14)18)29-11-10-20(28)26-23-25-19(13-30-23)16-6-8-17(24)9-7-16/h3-9,12-13H,10-11H2,1-2H3,(H,25,26,28). The molecule has 0 bridgehead atoms. The largest absolute Gasteiger partial charge is 0.302 e. The summed E-state index contributed by atoms with van der Waals surface area (Å²) in [5, 5.41) is 8.23. The molecule has 7 heteroatoms. The summed E-state index contributed by atoms with van der Waals surface area (Å²) in [7, 11) is 0. The molecule has 0 atom stereocenters. The third-order valence-electron chi connectivity index (χ3n) is 4.69. The van der Waals surface area contributed by atoms with Crippen LogP contribution < -0.4 is 5.32 Å². The highest BCUT2D eigenvalue weighted by Gasteiger charge is 2.10. The first-order valence-electron chi connectivity index (χ1n) is 9.51. The van der Waals surface area contributed by atoms with Gasteiger partial charge in [0.1, 0.15) is 0 Å². The number of thioether (sulfide) groups is 1. The number of halogens is 1. The maximum absolute atomic E-state index is 12.3. The van der Waals surface area contributed by atoms with Crippen LogP contribution in [0.2, 0.25) is 5.02 Å². The molecular formula is C23H20ClN3OS2. The monoisotopic (exact) mass is 453 g/mol. The van der Waals surface area contributed by atoms with Crippen LogP contribution in [0.25, 0.3) is 22.2 Å². The van der Waals surface area contributed by atoms with Crippen LogP contribution in [0.4, 0.5) is 5.13 Å². The van der Waals surface area contributed by atoms with Crippen molar-refractivity contribution < 1.29 is 4.79 Å². The van der Waals surface area contributed by atoms with Gasteiger partial charge in [-0.25, -0.2) is 9.97 Å². The van der Waals surface area contributed by atoms with E-state index in [1.165, 1.54) is 22.3 Å². The summed E-state index contributed by atoms with van der Waals surface area (Å²) in [6, 6.07) is 15.8. The summed E-state index contributed by atoms with van der Waals surface area (Å²) < 4.78 is 0. The molecule has 0 spiro atoms. The molecule has 0 unspecified atom stereocenters. The lowest BCUT2D eigenvalue weighted by atomic mass is 10.1. The Labute approximate surface area is 188 Å². The number of amides is 1. The molecule has 0 aliphatic heterocycles. The van der Waals surface area contributed by atoms with Gasteiger partial charge in [-0.3, -0.25) is 4.79 Å². The Morgan fingerprint density at radius 1 is 1.10 bits per heavy atom. The minimum Gasteiger partial charge on any atom is -0.302 e. The van der Waals surface area contributed by atoms with Crippen molar-refractivity contribution in [2.24, 2.45) is 0 Å². The van der Waals surface area contributed by atoms with E-state index in [1.54, 1.807) is 11.8 Å². The van der Waals surface area contributed by atoms with E-state index >= 15 is 0 Å². The number of thiazole rings is 1. The van der Waals surface area contributed by atoms with Crippen molar-refractivity contribution in [3.05, 3.63) is 70.1 Å². The predicted octanol–water partition coefficient (Wildman–Crippen LogP) is 6.75. The van der Waals surface area contributed by atoms with Gasteiger partial charge in [0, 0.05) is 33.5 Å². The molecule has 30 heavy (non-hydrogen) atoms. The van der Waals surface area contributed by atoms with Crippen LogP contribution in [0.15, 0.2) is 58.9 Å². The molecule has 0 saturated carbocycles. The Morgan fingerprint density at radius 3 is 2.70 bits per heavy atom. The number of para-hydroxylation sites is 1. The van der Waals surface area contributed by atoms with Crippen LogP contribution in [-0.4, -0.2) is 21.6 Å². The van der Waals surface area contributed by atoms with E-state index in [0.717, 1.165) is 27.4 Å². The number of hydrogen-bond donors (Lipinski definition) is 1. The Balaban J connectivity index is 1.34. The van der Waals surface area contributed by atoms with Crippen molar-refractivity contribution in [3.63, 3.8) is 0 Å². The molecule has 2 aromatic carbocycles. The number of aryl methyl sites for hydroxylation is 2. The van der Waals surface area contributed by atoms with Crippen LogP contribution in [0.3, 0.4) is 0 Å². The van der Waals surface area contributed by atoms with Gasteiger partial charge in [0.25, 0.3) is 0 Å². The zero-order valence-electron chi connectivity index (χ0n) is 16.6. The molecule has 2 aromatic heterocycles. The van der Waals surface area contributed by atoms with Crippen molar-refractivity contribution in [2.75, 3.05) is 11.1 Å². The zero-order chi connectivity index (χ0) is 21.1. The quantitative estimate of drug-likeness (QED) is 0.328. The van der Waals surface area contributed by atoms with Crippen LogP contribution in [0, 0.1) is 13.8 Å². The number of hydrogen-bond acceptors (Lipinski definition) is 5. The summed E-state index contributed by atoms with van der Waals surface area (Å²) >= 11 is 8.95. The molecule has 0 saturated heterocycles. The maximum atomic E-state index is 12.3. The van der Waals surface area contributed by atoms with Gasteiger partial charge in [-0.2, -0.15) is 0 Å². The van der Waals surface area contributed by atoms with Gasteiger partial charge in [-0.15, -0.1) is 23.1 Å². The molecule has 2 heterocycles. The van der Waals surface area contributed by atoms with Gasteiger partial charge >= 0.3 is 0 Å². The summed E-state index contributed by atoms with van der Waals surface area (Å²) in [5.74, 6) is 0.610. The lowest BCUT2D eigenvalue weighted by molar-refractivity contribution is -0.115. The average Bonchev–Trinajstić information content (AvgIpc) is 3.18. The summed E-state index contributed by atoms with van der Waals surface area (Å²) in [6.07, 6.45) is 0.396. The normalized spacial score (nSPS) is 11.0. The predicted molar refractivity (Wildman–Crippen MR) is 128 cm³/mol. The minimum atomic E-state index is -0.0480. The smallest absolute Gasteiger partial charge is 0.226 e. The highest BCUT2D eigenvalue weighted by molar-refractivity contribution is 7.99. The molecule has 1 N–H and O–H groups in total. The molecule has 4 rings (SSSR count). The number of rotatable bonds is 6. The van der Waals surface area contributed by atoms with Crippen molar-refractivity contribution in [3.8, 4) is 11.3 Å². The van der Waals surface area contributed by atoms with Gasteiger partial charge in [0.15, 0.2) is 5.13 Å². The number of nitrogens with zero attached hydrogens (tertiary/aromatic N) is 2. The first-order valence-corrected chi connectivity index (χ1v) is 11.7. The van der Waals surface area contributed by atoms with Crippen molar-refractivity contribution in [1.82, 2.24) is 9.97 Å². The summed E-state index contributed by atoms with van der Waals surface area (Å²) in [6.45, 7) is 4.17. The molecule has 4 aromatic rings. The topological polar surface area (TPSA) is 54.9 Å². The van der Waals surface area contributed by atoms with Crippen LogP contribution >= 0.6 is 34.7 Å². The third-order valence-corrected chi connectivity index (χ3v) is 6.62. The van der Waals surface area contributed by atoms with E-state index in [9.17, 15) is 4.79 Å². The second-order valence-electron chi connectivity index (χ2n) is 6.94. The second-order valence-corrected chi connectivity index (χ2v) is 9.35. The first kappa shape index (κ1) is 20.8. The number of aromatic nitrogens is 2. The zero-order valence-corrected chi connectivity index (χ0v) is 19.0. The van der Waals surface area contributed by atoms with Gasteiger partial charge in [-0.05, 0) is 43.2 Å². The van der Waals surface area contributed by atoms with Crippen molar-refractivity contribution in [1.29, 1.82) is 0 Å². The van der Waals surface area contributed by atoms with E-state index < -0.39 is 0 Å². The Kier molecular flexibility index (Phi) is 6.37. The highest BCUT2D eigenvalue weighted by atomic mass is 35.5. The molecule has 0 radical (unpaired) electrons. The molecule has 1 amide bonds. The Hall–Kier alpha value is -2.41. The molecule has 0 aliphatic rings. The van der Waals surface area contributed by atoms with Crippen LogP contribution in [-0.2, 0) is 4.79 Å². The minimum absolute atomic E-state index is 0.0480. The Bertz CT molecular complexity index is 1210. The van der Waals surface area contributed by atoms with Crippen LogP contribution in [0.1, 0.15) is 17.5 Å². The molecule has 0 fully saturated rings. The number of benzene rings is 2. The fourth-order valence-electron chi connectivity index (χ4n) is 3.12. The SMILES string of the molecule is Cc1cc(SCCC(=O)Nc2nc(-c3ccc(Cl)cc3)cs2)nc2c(C)cccc12. The van der Waals surface area contributed by atoms with Crippen LogP contribution in [0.5, 0.6) is 0 Å². The fraction of sp³-hybridized carbons (Fsp3) is 0.174. The van der Waals surface area contributed by atoms with Crippen molar-refractivity contribution in [2.45, 2.75) is 25.3 Å². The van der Waals surface area contributed by atoms with E-state index in [2.05, 4.69) is 48.4 Å². The number of pyridine rings is 1. The average molecular weight is 454 g/mol. The summed E-state index contributed by atoms with van der Waals surface area (Å²) in [4.78, 5) is 21.6. The van der Waals surface area contributed by atoms with E-state index in [-0.39, 0.29) is 5.91 Å². The van der Waals surface area contributed by atoms with E-state index in [4.69, 9.17) is 16.6 Å². The fourth-order valence-corrected chi connectivity index (χ4v) is 4.89. The van der Waals surface area contributed by atoms with Gasteiger partial charge in [0.2, 0.25) is 5.91 Å².